The molecule has 11 heteroatoms. The maximum absolute atomic E-state index is 12.2. The Bertz CT molecular complexity index is 971. The Kier molecular flexibility index (Phi) is 5.01. The van der Waals surface area contributed by atoms with E-state index in [0.29, 0.717) is 16.7 Å². The average molecular weight is 371 g/mol. The molecule has 3 aromatic rings. The van der Waals surface area contributed by atoms with E-state index in [2.05, 4.69) is 30.6 Å². The summed E-state index contributed by atoms with van der Waals surface area (Å²) >= 11 is 0. The van der Waals surface area contributed by atoms with Crippen LogP contribution < -0.4 is 16.4 Å². The fraction of sp³-hybridized carbons (Fsp3) is 0.188. The SMILES string of the molecule is Nc1nc(NCC(=O)N[C@@H](Cc2ccc(O)cc2)C(=O)O)c2[nH]cnc2n1. The summed E-state index contributed by atoms with van der Waals surface area (Å²) in [6.07, 6.45) is 1.49. The third kappa shape index (κ3) is 4.39. The molecule has 0 unspecified atom stereocenters. The number of H-pyrrole nitrogens is 1. The lowest BCUT2D eigenvalue weighted by atomic mass is 10.1. The van der Waals surface area contributed by atoms with Crippen LogP contribution in [0.15, 0.2) is 30.6 Å². The molecule has 27 heavy (non-hydrogen) atoms. The lowest BCUT2D eigenvalue weighted by Gasteiger charge is -2.15. The second-order valence-electron chi connectivity index (χ2n) is 5.71. The van der Waals surface area contributed by atoms with Crippen molar-refractivity contribution in [3.63, 3.8) is 0 Å². The molecule has 0 saturated heterocycles. The Morgan fingerprint density at radius 3 is 2.67 bits per heavy atom. The van der Waals surface area contributed by atoms with Crippen LogP contribution in [0.3, 0.4) is 0 Å². The molecule has 140 valence electrons. The zero-order valence-corrected chi connectivity index (χ0v) is 14.0. The van der Waals surface area contributed by atoms with Crippen molar-refractivity contribution in [2.45, 2.75) is 12.5 Å². The number of amides is 1. The van der Waals surface area contributed by atoms with Gasteiger partial charge < -0.3 is 31.6 Å². The van der Waals surface area contributed by atoms with Crippen molar-refractivity contribution >= 4 is 34.8 Å². The van der Waals surface area contributed by atoms with Crippen LogP contribution in [-0.4, -0.2) is 54.6 Å². The molecule has 7 N–H and O–H groups in total. The van der Waals surface area contributed by atoms with Crippen molar-refractivity contribution in [3.05, 3.63) is 36.2 Å². The second kappa shape index (κ2) is 7.56. The highest BCUT2D eigenvalue weighted by Crippen LogP contribution is 2.17. The Morgan fingerprint density at radius 1 is 1.22 bits per heavy atom. The number of carboxylic acids is 1. The van der Waals surface area contributed by atoms with Gasteiger partial charge in [-0.1, -0.05) is 12.1 Å². The summed E-state index contributed by atoms with van der Waals surface area (Å²) in [6, 6.07) is 4.97. The van der Waals surface area contributed by atoms with E-state index in [1.165, 1.54) is 18.5 Å². The molecule has 2 aromatic heterocycles. The average Bonchev–Trinajstić information content (AvgIpc) is 3.09. The highest BCUT2D eigenvalue weighted by molar-refractivity contribution is 5.89. The van der Waals surface area contributed by atoms with Gasteiger partial charge in [0.05, 0.1) is 12.9 Å². The van der Waals surface area contributed by atoms with Gasteiger partial charge in [0.25, 0.3) is 0 Å². The number of carbonyl (C=O) groups excluding carboxylic acids is 1. The Labute approximate surface area is 152 Å². The minimum Gasteiger partial charge on any atom is -0.508 e. The van der Waals surface area contributed by atoms with E-state index in [-0.39, 0.29) is 30.5 Å². The Morgan fingerprint density at radius 2 is 1.96 bits per heavy atom. The van der Waals surface area contributed by atoms with Gasteiger partial charge in [-0.15, -0.1) is 0 Å². The third-order valence-electron chi connectivity index (χ3n) is 3.73. The van der Waals surface area contributed by atoms with Gasteiger partial charge in [-0.3, -0.25) is 4.79 Å². The predicted octanol–water partition coefficient (Wildman–Crippen LogP) is -0.135. The maximum Gasteiger partial charge on any atom is 0.326 e. The normalized spacial score (nSPS) is 11.9. The molecule has 1 aromatic carbocycles. The monoisotopic (exact) mass is 371 g/mol. The zero-order valence-electron chi connectivity index (χ0n) is 14.0. The van der Waals surface area contributed by atoms with E-state index in [4.69, 9.17) is 5.73 Å². The van der Waals surface area contributed by atoms with E-state index in [9.17, 15) is 19.8 Å². The van der Waals surface area contributed by atoms with Crippen LogP contribution in [0.5, 0.6) is 5.75 Å². The third-order valence-corrected chi connectivity index (χ3v) is 3.73. The van der Waals surface area contributed by atoms with Gasteiger partial charge in [0.2, 0.25) is 11.9 Å². The van der Waals surface area contributed by atoms with Gasteiger partial charge in [0, 0.05) is 6.42 Å². The number of anilines is 2. The summed E-state index contributed by atoms with van der Waals surface area (Å²) in [6.45, 7) is -0.218. The van der Waals surface area contributed by atoms with Crippen LogP contribution in [0.4, 0.5) is 11.8 Å². The van der Waals surface area contributed by atoms with Gasteiger partial charge in [0.1, 0.15) is 17.3 Å². The standard InChI is InChI=1S/C16H17N7O4/c17-16-22-13(12-14(23-16)20-7-19-12)18-6-11(25)21-10(15(26)27)5-8-1-3-9(24)4-2-8/h1-4,7,10,24H,5-6H2,(H,21,25)(H,26,27)(H4,17,18,19,20,22,23)/t10-/m0/s1. The van der Waals surface area contributed by atoms with Crippen LogP contribution in [0.2, 0.25) is 0 Å². The quantitative estimate of drug-likeness (QED) is 0.330. The molecule has 3 rings (SSSR count). The predicted molar refractivity (Wildman–Crippen MR) is 96.0 cm³/mol. The Hall–Kier alpha value is -3.89. The number of phenols is 1. The van der Waals surface area contributed by atoms with E-state index in [1.807, 2.05) is 0 Å². The molecule has 0 bridgehead atoms. The molecule has 1 atom stereocenters. The summed E-state index contributed by atoms with van der Waals surface area (Å²) in [4.78, 5) is 38.3. The van der Waals surface area contributed by atoms with Gasteiger partial charge in [-0.2, -0.15) is 9.97 Å². The number of imidazole rings is 1. The van der Waals surface area contributed by atoms with Crippen LogP contribution in [0, 0.1) is 0 Å². The van der Waals surface area contributed by atoms with Crippen molar-refractivity contribution in [1.29, 1.82) is 0 Å². The minimum absolute atomic E-state index is 0.00625. The number of rotatable bonds is 7. The molecule has 0 saturated carbocycles. The van der Waals surface area contributed by atoms with E-state index < -0.39 is 17.9 Å². The molecule has 0 radical (unpaired) electrons. The molecular weight excluding hydrogens is 354 g/mol. The van der Waals surface area contributed by atoms with E-state index in [0.717, 1.165) is 0 Å². The highest BCUT2D eigenvalue weighted by Gasteiger charge is 2.20. The van der Waals surface area contributed by atoms with Gasteiger partial charge in [-0.25, -0.2) is 9.78 Å². The number of nitrogen functional groups attached to an aromatic ring is 1. The number of nitrogens with two attached hydrogens (primary N) is 1. The number of benzene rings is 1. The van der Waals surface area contributed by atoms with Crippen molar-refractivity contribution < 1.29 is 19.8 Å². The largest absolute Gasteiger partial charge is 0.508 e. The van der Waals surface area contributed by atoms with E-state index >= 15 is 0 Å². The fourth-order valence-electron chi connectivity index (χ4n) is 2.46. The first-order chi connectivity index (χ1) is 12.9. The number of phenolic OH excluding ortho intramolecular Hbond substituents is 1. The molecule has 11 nitrogen and oxygen atoms in total. The number of carboxylic acid groups (broad SMARTS) is 1. The smallest absolute Gasteiger partial charge is 0.326 e. The number of aliphatic carboxylic acids is 1. The first-order valence-electron chi connectivity index (χ1n) is 7.93. The lowest BCUT2D eigenvalue weighted by molar-refractivity contribution is -0.141. The number of nitrogens with zero attached hydrogens (tertiary/aromatic N) is 3. The van der Waals surface area contributed by atoms with Crippen LogP contribution in [0.25, 0.3) is 11.2 Å². The molecule has 2 heterocycles. The van der Waals surface area contributed by atoms with Gasteiger partial charge >= 0.3 is 5.97 Å². The van der Waals surface area contributed by atoms with Crippen LogP contribution >= 0.6 is 0 Å². The maximum atomic E-state index is 12.2. The number of aromatic hydroxyl groups is 1. The number of hydrogen-bond donors (Lipinski definition) is 6. The van der Waals surface area contributed by atoms with Crippen molar-refractivity contribution in [1.82, 2.24) is 25.3 Å². The van der Waals surface area contributed by atoms with Crippen LogP contribution in [0.1, 0.15) is 5.56 Å². The number of carbonyl (C=O) groups is 2. The summed E-state index contributed by atoms with van der Waals surface area (Å²) in [5.74, 6) is -1.35. The van der Waals surface area contributed by atoms with Crippen molar-refractivity contribution in [2.75, 3.05) is 17.6 Å². The number of hydrogen-bond acceptors (Lipinski definition) is 8. The molecular formula is C16H17N7O4. The zero-order chi connectivity index (χ0) is 19.4. The molecule has 0 aliphatic rings. The first-order valence-corrected chi connectivity index (χ1v) is 7.93. The number of nitrogens with one attached hydrogen (secondary N) is 3. The van der Waals surface area contributed by atoms with Crippen molar-refractivity contribution in [3.8, 4) is 5.75 Å². The van der Waals surface area contributed by atoms with E-state index in [1.54, 1.807) is 12.1 Å². The van der Waals surface area contributed by atoms with Gasteiger partial charge in [0.15, 0.2) is 11.5 Å². The number of aromatic amines is 1. The first kappa shape index (κ1) is 17.9. The lowest BCUT2D eigenvalue weighted by Crippen LogP contribution is -2.44. The molecule has 0 fully saturated rings. The highest BCUT2D eigenvalue weighted by atomic mass is 16.4. The molecule has 1 amide bonds. The van der Waals surface area contributed by atoms with Crippen LogP contribution in [-0.2, 0) is 16.0 Å². The van der Waals surface area contributed by atoms with Crippen molar-refractivity contribution in [2.24, 2.45) is 0 Å². The summed E-state index contributed by atoms with van der Waals surface area (Å²) in [5, 5.41) is 23.9. The number of fused-ring (bicyclic) bond motifs is 1. The Balaban J connectivity index is 1.63. The van der Waals surface area contributed by atoms with Gasteiger partial charge in [-0.05, 0) is 17.7 Å². The topological polar surface area (TPSA) is 179 Å². The minimum atomic E-state index is -1.17. The molecule has 0 aliphatic carbocycles. The second-order valence-corrected chi connectivity index (χ2v) is 5.71. The fourth-order valence-corrected chi connectivity index (χ4v) is 2.46. The summed E-state index contributed by atoms with van der Waals surface area (Å²) in [5.41, 5.74) is 7.09. The summed E-state index contributed by atoms with van der Waals surface area (Å²) < 4.78 is 0. The summed E-state index contributed by atoms with van der Waals surface area (Å²) in [7, 11) is 0. The molecule has 0 aliphatic heterocycles. The number of aromatic nitrogens is 4. The molecule has 0 spiro atoms.